The first-order valence-electron chi connectivity index (χ1n) is 6.61. The third-order valence-electron chi connectivity index (χ3n) is 2.91. The zero-order valence-electron chi connectivity index (χ0n) is 12.8. The number of methoxy groups -OCH3 is 1. The van der Waals surface area contributed by atoms with Crippen LogP contribution in [0.5, 0.6) is 0 Å². The van der Waals surface area contributed by atoms with Crippen LogP contribution < -0.4 is 0 Å². The van der Waals surface area contributed by atoms with Crippen molar-refractivity contribution in [2.45, 2.75) is 51.5 Å². The first kappa shape index (κ1) is 18.3. The Kier molecular flexibility index (Phi) is 6.72. The van der Waals surface area contributed by atoms with E-state index >= 15 is 0 Å². The Hall–Kier alpha value is -1.71. The van der Waals surface area contributed by atoms with Gasteiger partial charge < -0.3 is 28.8 Å². The minimum absolute atomic E-state index is 0.512. The maximum absolute atomic E-state index is 11.3. The molecule has 1 fully saturated rings. The highest BCUT2D eigenvalue weighted by Crippen LogP contribution is 2.28. The number of hydrogen-bond donors (Lipinski definition) is 1. The molecule has 1 saturated heterocycles. The topological polar surface area (TPSA) is 118 Å². The van der Waals surface area contributed by atoms with Gasteiger partial charge in [0.1, 0.15) is 6.10 Å². The average molecular weight is 320 g/mol. The van der Waals surface area contributed by atoms with Crippen LogP contribution in [0.25, 0.3) is 0 Å². The van der Waals surface area contributed by atoms with E-state index in [2.05, 4.69) is 0 Å². The Morgan fingerprint density at radius 1 is 0.909 bits per heavy atom. The Balaban J connectivity index is 3.14. The molecule has 5 atom stereocenters. The number of carbonyl (C=O) groups is 3. The van der Waals surface area contributed by atoms with Gasteiger partial charge in [-0.2, -0.15) is 0 Å². The van der Waals surface area contributed by atoms with Gasteiger partial charge in [-0.05, 0) is 0 Å². The molecule has 22 heavy (non-hydrogen) atoms. The van der Waals surface area contributed by atoms with E-state index in [1.165, 1.54) is 7.11 Å². The van der Waals surface area contributed by atoms with Crippen molar-refractivity contribution in [2.24, 2.45) is 0 Å². The summed E-state index contributed by atoms with van der Waals surface area (Å²) in [7, 11) is 1.30. The summed E-state index contributed by atoms with van der Waals surface area (Å²) in [4.78, 5) is 33.8. The van der Waals surface area contributed by atoms with Gasteiger partial charge in [-0.3, -0.25) is 14.4 Å². The number of aliphatic hydroxyl groups is 1. The highest BCUT2D eigenvalue weighted by molar-refractivity contribution is 5.68. The molecule has 0 aliphatic carbocycles. The second-order valence-electron chi connectivity index (χ2n) is 4.68. The van der Waals surface area contributed by atoms with E-state index in [0.717, 1.165) is 20.8 Å². The zero-order valence-corrected chi connectivity index (χ0v) is 12.8. The average Bonchev–Trinajstić information content (AvgIpc) is 2.41. The molecule has 9 nitrogen and oxygen atoms in total. The van der Waals surface area contributed by atoms with Gasteiger partial charge in [0.05, 0.1) is 6.61 Å². The van der Waals surface area contributed by atoms with Crippen molar-refractivity contribution in [3.05, 3.63) is 0 Å². The van der Waals surface area contributed by atoms with Gasteiger partial charge in [0.15, 0.2) is 24.6 Å². The molecular weight excluding hydrogens is 300 g/mol. The summed E-state index contributed by atoms with van der Waals surface area (Å²) < 4.78 is 25.7. The maximum Gasteiger partial charge on any atom is 0.303 e. The molecule has 1 rings (SSSR count). The first-order valence-corrected chi connectivity index (χ1v) is 6.61. The number of hydrogen-bond acceptors (Lipinski definition) is 9. The summed E-state index contributed by atoms with van der Waals surface area (Å²) in [5.41, 5.74) is 0. The van der Waals surface area contributed by atoms with Gasteiger partial charge in [0.25, 0.3) is 0 Å². The summed E-state index contributed by atoms with van der Waals surface area (Å²) in [5, 5.41) is 9.39. The van der Waals surface area contributed by atoms with E-state index in [1.54, 1.807) is 0 Å². The molecule has 0 aromatic heterocycles. The third-order valence-corrected chi connectivity index (χ3v) is 2.91. The fourth-order valence-electron chi connectivity index (χ4n) is 2.19. The molecule has 0 bridgehead atoms. The molecule has 0 unspecified atom stereocenters. The van der Waals surface area contributed by atoms with Crippen LogP contribution in [0.4, 0.5) is 0 Å². The predicted molar refractivity (Wildman–Crippen MR) is 69.4 cm³/mol. The van der Waals surface area contributed by atoms with Crippen LogP contribution in [0, 0.1) is 0 Å². The lowest BCUT2D eigenvalue weighted by Crippen LogP contribution is -2.62. The largest absolute Gasteiger partial charge is 0.456 e. The van der Waals surface area contributed by atoms with Gasteiger partial charge >= 0.3 is 17.9 Å². The number of esters is 3. The number of rotatable bonds is 5. The lowest BCUT2D eigenvalue weighted by atomic mass is 9.98. The molecule has 0 spiro atoms. The molecule has 1 N–H and O–H groups in total. The van der Waals surface area contributed by atoms with E-state index in [1.807, 2.05) is 0 Å². The second kappa shape index (κ2) is 8.06. The Bertz CT molecular complexity index is 392. The van der Waals surface area contributed by atoms with Crippen molar-refractivity contribution in [2.75, 3.05) is 13.7 Å². The number of ether oxygens (including phenoxy) is 5. The second-order valence-corrected chi connectivity index (χ2v) is 4.68. The zero-order chi connectivity index (χ0) is 16.9. The molecular formula is C13H20O9. The van der Waals surface area contributed by atoms with Gasteiger partial charge in [0, 0.05) is 27.9 Å². The Morgan fingerprint density at radius 2 is 1.36 bits per heavy atom. The Morgan fingerprint density at radius 3 is 1.77 bits per heavy atom. The fraction of sp³-hybridized carbons (Fsp3) is 0.769. The Labute approximate surface area is 127 Å². The van der Waals surface area contributed by atoms with E-state index in [0.29, 0.717) is 0 Å². The molecule has 0 saturated carbocycles. The molecule has 9 heteroatoms. The molecule has 126 valence electrons. The minimum atomic E-state index is -1.17. The quantitative estimate of drug-likeness (QED) is 0.510. The van der Waals surface area contributed by atoms with Gasteiger partial charge in [-0.1, -0.05) is 0 Å². The molecule has 0 radical (unpaired) electrons. The molecule has 0 amide bonds. The molecule has 0 aromatic carbocycles. The summed E-state index contributed by atoms with van der Waals surface area (Å²) in [6, 6.07) is 0. The van der Waals surface area contributed by atoms with Crippen molar-refractivity contribution < 1.29 is 43.2 Å². The van der Waals surface area contributed by atoms with E-state index in [4.69, 9.17) is 23.7 Å². The predicted octanol–water partition coefficient (Wildman–Crippen LogP) is -0.855. The van der Waals surface area contributed by atoms with Crippen molar-refractivity contribution in [3.8, 4) is 0 Å². The van der Waals surface area contributed by atoms with Crippen LogP contribution in [-0.2, 0) is 38.1 Å². The fourth-order valence-corrected chi connectivity index (χ4v) is 2.19. The lowest BCUT2D eigenvalue weighted by molar-refractivity contribution is -0.302. The van der Waals surface area contributed by atoms with Crippen LogP contribution in [0.3, 0.4) is 0 Å². The van der Waals surface area contributed by atoms with Crippen molar-refractivity contribution in [1.82, 2.24) is 0 Å². The molecule has 1 aliphatic rings. The smallest absolute Gasteiger partial charge is 0.303 e. The van der Waals surface area contributed by atoms with Gasteiger partial charge in [0.2, 0.25) is 0 Å². The van der Waals surface area contributed by atoms with E-state index in [9.17, 15) is 19.5 Å². The standard InChI is InChI=1S/C13H20O9/c1-6(15)19-10-9(5-14)22-13(18-4)12(21-8(3)17)11(10)20-7(2)16/h9-14H,5H2,1-4H3/t9-,10-,11+,12+,13+/m1/s1. The number of carbonyl (C=O) groups excluding carboxylic acids is 3. The lowest BCUT2D eigenvalue weighted by Gasteiger charge is -2.43. The normalized spacial score (nSPS) is 31.2. The minimum Gasteiger partial charge on any atom is -0.456 e. The molecule has 0 aromatic rings. The van der Waals surface area contributed by atoms with Crippen LogP contribution in [-0.4, -0.2) is 67.4 Å². The summed E-state index contributed by atoms with van der Waals surface area (Å²) >= 11 is 0. The van der Waals surface area contributed by atoms with Gasteiger partial charge in [-0.25, -0.2) is 0 Å². The van der Waals surface area contributed by atoms with Crippen molar-refractivity contribution in [1.29, 1.82) is 0 Å². The van der Waals surface area contributed by atoms with Crippen LogP contribution in [0.1, 0.15) is 20.8 Å². The highest BCUT2D eigenvalue weighted by Gasteiger charge is 2.51. The summed E-state index contributed by atoms with van der Waals surface area (Å²) in [6.45, 7) is 2.96. The maximum atomic E-state index is 11.3. The molecule has 1 heterocycles. The third kappa shape index (κ3) is 4.65. The monoisotopic (exact) mass is 320 g/mol. The van der Waals surface area contributed by atoms with Crippen LogP contribution in [0.2, 0.25) is 0 Å². The van der Waals surface area contributed by atoms with E-state index in [-0.39, 0.29) is 0 Å². The van der Waals surface area contributed by atoms with Crippen LogP contribution in [0.15, 0.2) is 0 Å². The first-order chi connectivity index (χ1) is 10.3. The van der Waals surface area contributed by atoms with Gasteiger partial charge in [-0.15, -0.1) is 0 Å². The van der Waals surface area contributed by atoms with Crippen molar-refractivity contribution in [3.63, 3.8) is 0 Å². The summed E-state index contributed by atoms with van der Waals surface area (Å²) in [6.07, 6.45) is -5.52. The summed E-state index contributed by atoms with van der Waals surface area (Å²) in [5.74, 6) is -1.99. The number of aliphatic hydroxyl groups excluding tert-OH is 1. The molecule has 1 aliphatic heterocycles. The SMILES string of the molecule is CO[C@H]1O[C@H](CO)[C@@H](OC(C)=O)[C@H](OC(C)=O)[C@@H]1OC(C)=O. The highest BCUT2D eigenvalue weighted by atomic mass is 16.7. The van der Waals surface area contributed by atoms with E-state index < -0.39 is 55.2 Å². The van der Waals surface area contributed by atoms with Crippen molar-refractivity contribution >= 4 is 17.9 Å². The van der Waals surface area contributed by atoms with Crippen LogP contribution >= 0.6 is 0 Å².